The molecule has 0 radical (unpaired) electrons. The molecule has 5 heteroatoms. The number of rotatable bonds is 10. The van der Waals surface area contributed by atoms with Gasteiger partial charge >= 0.3 is 0 Å². The van der Waals surface area contributed by atoms with Crippen molar-refractivity contribution in [3.8, 4) is 0 Å². The molecule has 0 rings (SSSR count). The molecule has 0 aromatic rings. The maximum atomic E-state index is 11.2. The molecule has 114 valence electrons. The summed E-state index contributed by atoms with van der Waals surface area (Å²) in [6.45, 7) is 11.9. The van der Waals surface area contributed by atoms with E-state index in [1.54, 1.807) is 6.34 Å². The first-order valence-electron chi connectivity index (χ1n) is 6.97. The first-order chi connectivity index (χ1) is 9.35. The summed E-state index contributed by atoms with van der Waals surface area (Å²) in [6, 6.07) is 0. The van der Waals surface area contributed by atoms with Gasteiger partial charge in [0.15, 0.2) is 0 Å². The van der Waals surface area contributed by atoms with Crippen LogP contribution < -0.4 is 11.1 Å². The third-order valence-electron chi connectivity index (χ3n) is 3.47. The summed E-state index contributed by atoms with van der Waals surface area (Å²) in [7, 11) is 1.97. The summed E-state index contributed by atoms with van der Waals surface area (Å²) in [5.41, 5.74) is 5.37. The minimum Gasteiger partial charge on any atom is -0.384 e. The van der Waals surface area contributed by atoms with Crippen molar-refractivity contribution in [3.63, 3.8) is 0 Å². The highest BCUT2D eigenvalue weighted by molar-refractivity contribution is 5.86. The lowest BCUT2D eigenvalue weighted by Gasteiger charge is -2.38. The summed E-state index contributed by atoms with van der Waals surface area (Å²) >= 11 is 0. The zero-order chi connectivity index (χ0) is 15.6. The van der Waals surface area contributed by atoms with Crippen molar-refractivity contribution in [3.05, 3.63) is 25.1 Å². The van der Waals surface area contributed by atoms with E-state index in [9.17, 15) is 4.79 Å². The topological polar surface area (TPSA) is 70.7 Å². The predicted molar refractivity (Wildman–Crippen MR) is 85.3 cm³/mol. The second kappa shape index (κ2) is 9.18. The average molecular weight is 280 g/mol. The Kier molecular flexibility index (Phi) is 8.36. The molecule has 0 fully saturated rings. The predicted octanol–water partition coefficient (Wildman–Crippen LogP) is 2.02. The van der Waals surface area contributed by atoms with Crippen LogP contribution in [-0.4, -0.2) is 36.3 Å². The van der Waals surface area contributed by atoms with E-state index in [2.05, 4.69) is 37.3 Å². The summed E-state index contributed by atoms with van der Waals surface area (Å²) in [6.07, 6.45) is 7.08. The summed E-state index contributed by atoms with van der Waals surface area (Å²) in [5, 5.41) is 2.81. The maximum Gasteiger partial charge on any atom is 0.243 e. The van der Waals surface area contributed by atoms with E-state index >= 15 is 0 Å². The molecule has 0 aromatic heterocycles. The van der Waals surface area contributed by atoms with Gasteiger partial charge in [-0.1, -0.05) is 32.9 Å². The van der Waals surface area contributed by atoms with Crippen LogP contribution in [0.1, 0.15) is 39.5 Å². The molecule has 20 heavy (non-hydrogen) atoms. The van der Waals surface area contributed by atoms with Crippen LogP contribution in [0.15, 0.2) is 30.0 Å². The lowest BCUT2D eigenvalue weighted by Crippen LogP contribution is -2.45. The van der Waals surface area contributed by atoms with Gasteiger partial charge in [0.25, 0.3) is 0 Å². The van der Waals surface area contributed by atoms with Gasteiger partial charge in [0.1, 0.15) is 5.82 Å². The van der Waals surface area contributed by atoms with Gasteiger partial charge in [-0.15, -0.1) is 0 Å². The van der Waals surface area contributed by atoms with Gasteiger partial charge in [-0.05, 0) is 25.8 Å². The number of aliphatic imine (C=N–C) groups is 1. The molecule has 1 atom stereocenters. The Morgan fingerprint density at radius 3 is 2.65 bits per heavy atom. The molecule has 0 bridgehead atoms. The molecule has 1 amide bonds. The van der Waals surface area contributed by atoms with Gasteiger partial charge < -0.3 is 16.0 Å². The third kappa shape index (κ3) is 6.97. The Morgan fingerprint density at radius 1 is 1.50 bits per heavy atom. The fraction of sp³-hybridized carbons (Fsp3) is 0.600. The molecule has 0 heterocycles. The fourth-order valence-corrected chi connectivity index (χ4v) is 1.86. The van der Waals surface area contributed by atoms with Crippen molar-refractivity contribution >= 4 is 12.2 Å². The number of carbonyl (C=O) groups excluding carboxylic acids is 1. The molecule has 5 nitrogen and oxygen atoms in total. The van der Waals surface area contributed by atoms with Crippen LogP contribution in [-0.2, 0) is 4.79 Å². The van der Waals surface area contributed by atoms with E-state index in [1.165, 1.54) is 6.08 Å². The molecule has 0 saturated heterocycles. The molecule has 1 unspecified atom stereocenters. The second-order valence-electron chi connectivity index (χ2n) is 5.19. The highest BCUT2D eigenvalue weighted by Gasteiger charge is 2.26. The van der Waals surface area contributed by atoms with Crippen LogP contribution in [0.3, 0.4) is 0 Å². The van der Waals surface area contributed by atoms with Crippen LogP contribution in [0.2, 0.25) is 0 Å². The Labute approximate surface area is 122 Å². The highest BCUT2D eigenvalue weighted by Crippen LogP contribution is 2.23. The van der Waals surface area contributed by atoms with Gasteiger partial charge in [-0.25, -0.2) is 4.99 Å². The SMILES string of the molecule is C=CC(=O)NCCC(C)(CCCC)N(C)C=NC(=C)N. The van der Waals surface area contributed by atoms with Crippen LogP contribution in [0.5, 0.6) is 0 Å². The van der Waals surface area contributed by atoms with Crippen LogP contribution in [0, 0.1) is 0 Å². The zero-order valence-corrected chi connectivity index (χ0v) is 13.0. The van der Waals surface area contributed by atoms with Crippen molar-refractivity contribution in [2.45, 2.75) is 45.1 Å². The van der Waals surface area contributed by atoms with Crippen molar-refractivity contribution in [1.29, 1.82) is 0 Å². The molecule has 0 aliphatic heterocycles. The number of nitrogens with zero attached hydrogens (tertiary/aromatic N) is 2. The van der Waals surface area contributed by atoms with Crippen molar-refractivity contribution in [2.75, 3.05) is 13.6 Å². The summed E-state index contributed by atoms with van der Waals surface area (Å²) in [4.78, 5) is 17.3. The minimum absolute atomic E-state index is 0.0800. The van der Waals surface area contributed by atoms with Gasteiger partial charge in [0.2, 0.25) is 5.91 Å². The normalized spacial score (nSPS) is 13.8. The summed E-state index contributed by atoms with van der Waals surface area (Å²) in [5.74, 6) is 0.143. The van der Waals surface area contributed by atoms with Gasteiger partial charge in [0, 0.05) is 19.1 Å². The van der Waals surface area contributed by atoms with Gasteiger partial charge in [-0.2, -0.15) is 0 Å². The maximum absolute atomic E-state index is 11.2. The molecule has 0 aliphatic carbocycles. The van der Waals surface area contributed by atoms with E-state index < -0.39 is 0 Å². The standard InChI is InChI=1S/C15H28N4O/c1-6-8-9-15(4,10-11-17-14(20)7-2)19(5)12-18-13(3)16/h7,12H,2-3,6,8-11,16H2,1,4-5H3,(H,17,20). The number of unbranched alkanes of at least 4 members (excludes halogenated alkanes) is 1. The monoisotopic (exact) mass is 280 g/mol. The van der Waals surface area contributed by atoms with Gasteiger partial charge in [-0.3, -0.25) is 4.79 Å². The van der Waals surface area contributed by atoms with E-state index in [4.69, 9.17) is 5.73 Å². The lowest BCUT2D eigenvalue weighted by molar-refractivity contribution is -0.116. The molecular weight excluding hydrogens is 252 g/mol. The number of carbonyl (C=O) groups is 1. The molecule has 0 spiro atoms. The average Bonchev–Trinajstić information content (AvgIpc) is 2.42. The Balaban J connectivity index is 4.66. The number of hydrogen-bond acceptors (Lipinski definition) is 3. The van der Waals surface area contributed by atoms with Crippen molar-refractivity contribution in [1.82, 2.24) is 10.2 Å². The van der Waals surface area contributed by atoms with Gasteiger partial charge in [0.05, 0.1) is 6.34 Å². The van der Waals surface area contributed by atoms with Crippen LogP contribution in [0.4, 0.5) is 0 Å². The van der Waals surface area contributed by atoms with E-state index in [0.717, 1.165) is 25.7 Å². The lowest BCUT2D eigenvalue weighted by atomic mass is 9.90. The van der Waals surface area contributed by atoms with E-state index in [0.29, 0.717) is 6.54 Å². The number of nitrogens with one attached hydrogen (secondary N) is 1. The fourth-order valence-electron chi connectivity index (χ4n) is 1.86. The Bertz CT molecular complexity index is 365. The minimum atomic E-state index is -0.144. The van der Waals surface area contributed by atoms with Crippen molar-refractivity contribution in [2.24, 2.45) is 10.7 Å². The Morgan fingerprint density at radius 2 is 2.15 bits per heavy atom. The third-order valence-corrected chi connectivity index (χ3v) is 3.47. The van der Waals surface area contributed by atoms with Crippen LogP contribution in [0.25, 0.3) is 0 Å². The molecular formula is C15H28N4O. The Hall–Kier alpha value is -1.78. The van der Waals surface area contributed by atoms with E-state index in [1.807, 2.05) is 11.9 Å². The smallest absolute Gasteiger partial charge is 0.243 e. The molecule has 0 aromatic carbocycles. The number of nitrogens with two attached hydrogens (primary N) is 1. The largest absolute Gasteiger partial charge is 0.384 e. The second-order valence-corrected chi connectivity index (χ2v) is 5.19. The van der Waals surface area contributed by atoms with Crippen LogP contribution >= 0.6 is 0 Å². The molecule has 0 aliphatic rings. The highest BCUT2D eigenvalue weighted by atomic mass is 16.1. The summed E-state index contributed by atoms with van der Waals surface area (Å²) < 4.78 is 0. The van der Waals surface area contributed by atoms with E-state index in [-0.39, 0.29) is 17.3 Å². The first-order valence-corrected chi connectivity index (χ1v) is 6.97. The number of amides is 1. The quantitative estimate of drug-likeness (QED) is 0.365. The number of hydrogen-bond donors (Lipinski definition) is 2. The first kappa shape index (κ1) is 18.2. The molecule has 0 saturated carbocycles. The van der Waals surface area contributed by atoms with Crippen molar-refractivity contribution < 1.29 is 4.79 Å². The zero-order valence-electron chi connectivity index (χ0n) is 13.0. The molecule has 3 N–H and O–H groups in total.